The molecular formula is C17H19N3O4. The summed E-state index contributed by atoms with van der Waals surface area (Å²) >= 11 is 0. The number of nitro groups is 1. The Kier molecular flexibility index (Phi) is 5.73. The van der Waals surface area contributed by atoms with Crippen LogP contribution < -0.4 is 15.4 Å². The Balaban J connectivity index is 1.94. The highest BCUT2D eigenvalue weighted by atomic mass is 16.6. The molecular weight excluding hydrogens is 310 g/mol. The fourth-order valence-corrected chi connectivity index (χ4v) is 2.26. The number of amides is 2. The van der Waals surface area contributed by atoms with Crippen molar-refractivity contribution >= 4 is 17.4 Å². The van der Waals surface area contributed by atoms with E-state index in [9.17, 15) is 14.9 Å². The summed E-state index contributed by atoms with van der Waals surface area (Å²) in [6.45, 7) is 2.46. The molecule has 0 aromatic heterocycles. The van der Waals surface area contributed by atoms with Crippen molar-refractivity contribution in [2.75, 3.05) is 19.0 Å². The number of rotatable bonds is 6. The maximum atomic E-state index is 12.0. The van der Waals surface area contributed by atoms with Crippen LogP contribution in [-0.2, 0) is 6.42 Å². The zero-order chi connectivity index (χ0) is 17.5. The number of methoxy groups -OCH3 is 1. The third kappa shape index (κ3) is 4.70. The zero-order valence-electron chi connectivity index (χ0n) is 13.5. The van der Waals surface area contributed by atoms with Crippen LogP contribution in [0.4, 0.5) is 16.2 Å². The largest absolute Gasteiger partial charge is 0.495 e. The number of urea groups is 1. The Morgan fingerprint density at radius 3 is 2.71 bits per heavy atom. The number of carbonyl (C=O) groups is 1. The average molecular weight is 329 g/mol. The molecule has 0 fully saturated rings. The molecule has 24 heavy (non-hydrogen) atoms. The zero-order valence-corrected chi connectivity index (χ0v) is 13.5. The molecule has 0 aliphatic rings. The number of nitrogens with zero attached hydrogens (tertiary/aromatic N) is 1. The van der Waals surface area contributed by atoms with Crippen LogP contribution in [0.2, 0.25) is 0 Å². The van der Waals surface area contributed by atoms with E-state index in [0.717, 1.165) is 5.56 Å². The minimum Gasteiger partial charge on any atom is -0.495 e. The minimum atomic E-state index is -0.528. The lowest BCUT2D eigenvalue weighted by Crippen LogP contribution is -2.30. The molecule has 0 saturated heterocycles. The first-order valence-electron chi connectivity index (χ1n) is 7.42. The Hall–Kier alpha value is -3.09. The molecule has 0 saturated carbocycles. The number of nitrogens with one attached hydrogen (secondary N) is 2. The second-order valence-corrected chi connectivity index (χ2v) is 5.26. The third-order valence-corrected chi connectivity index (χ3v) is 3.42. The first-order chi connectivity index (χ1) is 11.5. The predicted molar refractivity (Wildman–Crippen MR) is 91.6 cm³/mol. The fraction of sp³-hybridized carbons (Fsp3) is 0.235. The minimum absolute atomic E-state index is 0.120. The van der Waals surface area contributed by atoms with Crippen LogP contribution in [0.25, 0.3) is 0 Å². The van der Waals surface area contributed by atoms with Crippen molar-refractivity contribution in [2.24, 2.45) is 0 Å². The van der Waals surface area contributed by atoms with Gasteiger partial charge in [0.15, 0.2) is 0 Å². The van der Waals surface area contributed by atoms with Crippen molar-refractivity contribution in [2.45, 2.75) is 13.3 Å². The van der Waals surface area contributed by atoms with Gasteiger partial charge in [-0.2, -0.15) is 0 Å². The molecule has 2 N–H and O–H groups in total. The topological polar surface area (TPSA) is 93.5 Å². The molecule has 0 aliphatic carbocycles. The van der Waals surface area contributed by atoms with E-state index >= 15 is 0 Å². The molecule has 0 heterocycles. The molecule has 0 unspecified atom stereocenters. The first-order valence-corrected chi connectivity index (χ1v) is 7.42. The lowest BCUT2D eigenvalue weighted by Gasteiger charge is -2.11. The average Bonchev–Trinajstić information content (AvgIpc) is 2.54. The molecule has 0 atom stereocenters. The highest BCUT2D eigenvalue weighted by Gasteiger charge is 2.13. The lowest BCUT2D eigenvalue weighted by atomic mass is 10.1. The Morgan fingerprint density at radius 1 is 1.25 bits per heavy atom. The van der Waals surface area contributed by atoms with Crippen molar-refractivity contribution in [1.29, 1.82) is 0 Å². The van der Waals surface area contributed by atoms with Crippen LogP contribution >= 0.6 is 0 Å². The second-order valence-electron chi connectivity index (χ2n) is 5.26. The predicted octanol–water partition coefficient (Wildman–Crippen LogP) is 3.28. The van der Waals surface area contributed by atoms with E-state index in [1.807, 2.05) is 25.1 Å². The number of benzene rings is 2. The number of hydrogen-bond acceptors (Lipinski definition) is 4. The number of aryl methyl sites for hydroxylation is 1. The molecule has 0 bridgehead atoms. The van der Waals surface area contributed by atoms with Crippen LogP contribution in [0, 0.1) is 17.0 Å². The summed E-state index contributed by atoms with van der Waals surface area (Å²) < 4.78 is 5.10. The molecule has 2 rings (SSSR count). The van der Waals surface area contributed by atoms with Gasteiger partial charge in [0.25, 0.3) is 5.69 Å². The van der Waals surface area contributed by atoms with Crippen LogP contribution in [0.3, 0.4) is 0 Å². The van der Waals surface area contributed by atoms with Gasteiger partial charge in [0.2, 0.25) is 0 Å². The maximum Gasteiger partial charge on any atom is 0.319 e. The quantitative estimate of drug-likeness (QED) is 0.628. The van der Waals surface area contributed by atoms with Crippen molar-refractivity contribution in [3.05, 3.63) is 63.7 Å². The van der Waals surface area contributed by atoms with E-state index in [-0.39, 0.29) is 11.4 Å². The number of ether oxygens (including phenoxy) is 1. The number of anilines is 1. The second kappa shape index (κ2) is 7.96. The number of nitro benzene ring substituents is 1. The van der Waals surface area contributed by atoms with Crippen molar-refractivity contribution in [1.82, 2.24) is 5.32 Å². The molecule has 2 aromatic rings. The summed E-state index contributed by atoms with van der Waals surface area (Å²) in [5, 5.41) is 16.1. The Bertz CT molecular complexity index is 746. The van der Waals surface area contributed by atoms with Gasteiger partial charge in [-0.25, -0.2) is 4.79 Å². The van der Waals surface area contributed by atoms with Gasteiger partial charge in [-0.1, -0.05) is 29.8 Å². The molecule has 126 valence electrons. The Labute approximate surface area is 139 Å². The fourth-order valence-electron chi connectivity index (χ4n) is 2.26. The van der Waals surface area contributed by atoms with Crippen molar-refractivity contribution < 1.29 is 14.5 Å². The van der Waals surface area contributed by atoms with Crippen LogP contribution in [0.15, 0.2) is 42.5 Å². The summed E-state index contributed by atoms with van der Waals surface area (Å²) in [5.41, 5.74) is 2.42. The first kappa shape index (κ1) is 17.3. The molecule has 7 nitrogen and oxygen atoms in total. The van der Waals surface area contributed by atoms with Gasteiger partial charge < -0.3 is 15.4 Å². The van der Waals surface area contributed by atoms with Gasteiger partial charge in [0, 0.05) is 18.7 Å². The van der Waals surface area contributed by atoms with Crippen LogP contribution in [0.5, 0.6) is 5.75 Å². The lowest BCUT2D eigenvalue weighted by molar-refractivity contribution is -0.384. The maximum absolute atomic E-state index is 12.0. The smallest absolute Gasteiger partial charge is 0.319 e. The number of non-ortho nitro benzene ring substituents is 1. The van der Waals surface area contributed by atoms with Gasteiger partial charge in [0.05, 0.1) is 17.7 Å². The van der Waals surface area contributed by atoms with Crippen LogP contribution in [0.1, 0.15) is 11.1 Å². The number of hydrogen-bond donors (Lipinski definition) is 2. The third-order valence-electron chi connectivity index (χ3n) is 3.42. The van der Waals surface area contributed by atoms with E-state index in [1.54, 1.807) is 0 Å². The van der Waals surface area contributed by atoms with E-state index < -0.39 is 11.0 Å². The Morgan fingerprint density at radius 2 is 2.04 bits per heavy atom. The summed E-state index contributed by atoms with van der Waals surface area (Å²) in [6, 6.07) is 11.6. The molecule has 0 radical (unpaired) electrons. The summed E-state index contributed by atoms with van der Waals surface area (Å²) in [7, 11) is 1.43. The molecule has 2 aromatic carbocycles. The summed E-state index contributed by atoms with van der Waals surface area (Å²) in [5.74, 6) is 0.356. The molecule has 7 heteroatoms. The molecule has 2 amide bonds. The van der Waals surface area contributed by atoms with Gasteiger partial charge in [-0.05, 0) is 25.0 Å². The standard InChI is InChI=1S/C17H19N3O4/c1-12-4-3-5-13(10-12)8-9-18-17(21)19-15-11-14(20(22)23)6-7-16(15)24-2/h3-7,10-11H,8-9H2,1-2H3,(H2,18,19,21). The molecule has 0 aliphatic heterocycles. The SMILES string of the molecule is COc1ccc([N+](=O)[O-])cc1NC(=O)NCCc1cccc(C)c1. The monoisotopic (exact) mass is 329 g/mol. The molecule has 0 spiro atoms. The van der Waals surface area contributed by atoms with Crippen molar-refractivity contribution in [3.8, 4) is 5.75 Å². The van der Waals surface area contributed by atoms with E-state index in [2.05, 4.69) is 16.7 Å². The van der Waals surface area contributed by atoms with E-state index in [1.165, 1.54) is 30.9 Å². The van der Waals surface area contributed by atoms with Gasteiger partial charge in [-0.15, -0.1) is 0 Å². The van der Waals surface area contributed by atoms with Gasteiger partial charge >= 0.3 is 6.03 Å². The van der Waals surface area contributed by atoms with E-state index in [4.69, 9.17) is 4.74 Å². The highest BCUT2D eigenvalue weighted by molar-refractivity contribution is 5.91. The van der Waals surface area contributed by atoms with E-state index in [0.29, 0.717) is 18.7 Å². The van der Waals surface area contributed by atoms with Gasteiger partial charge in [0.1, 0.15) is 5.75 Å². The highest BCUT2D eigenvalue weighted by Crippen LogP contribution is 2.28. The number of carbonyl (C=O) groups excluding carboxylic acids is 1. The van der Waals surface area contributed by atoms with Crippen molar-refractivity contribution in [3.63, 3.8) is 0 Å². The summed E-state index contributed by atoms with van der Waals surface area (Å²) in [4.78, 5) is 22.3. The summed E-state index contributed by atoms with van der Waals surface area (Å²) in [6.07, 6.45) is 0.696. The normalized spacial score (nSPS) is 10.1. The van der Waals surface area contributed by atoms with Crippen LogP contribution in [-0.4, -0.2) is 24.6 Å². The van der Waals surface area contributed by atoms with Gasteiger partial charge in [-0.3, -0.25) is 10.1 Å².